The molecule has 1 aromatic carbocycles. The van der Waals surface area contributed by atoms with Crippen LogP contribution in [-0.2, 0) is 9.53 Å². The molecule has 3 rings (SSSR count). The number of aliphatic hydroxyl groups is 1. The van der Waals surface area contributed by atoms with Gasteiger partial charge in [0.05, 0.1) is 18.0 Å². The van der Waals surface area contributed by atoms with Crippen molar-refractivity contribution in [3.63, 3.8) is 0 Å². The zero-order valence-electron chi connectivity index (χ0n) is 24.9. The van der Waals surface area contributed by atoms with Gasteiger partial charge in [-0.3, -0.25) is 9.79 Å². The molecule has 42 heavy (non-hydrogen) atoms. The summed E-state index contributed by atoms with van der Waals surface area (Å²) in [5.74, 6) is -0.190. The molecule has 1 aliphatic carbocycles. The molecule has 3 unspecified atom stereocenters. The molecule has 1 aromatic rings. The van der Waals surface area contributed by atoms with E-state index in [1.165, 1.54) is 7.11 Å². The first-order valence-electron chi connectivity index (χ1n) is 14.0. The maximum Gasteiger partial charge on any atom is 0.266 e. The lowest BCUT2D eigenvalue weighted by atomic mass is 9.87. The van der Waals surface area contributed by atoms with E-state index in [0.29, 0.717) is 43.4 Å². The highest BCUT2D eigenvalue weighted by molar-refractivity contribution is 6.41. The molecule has 2 aliphatic rings. The second-order valence-electron chi connectivity index (χ2n) is 9.60. The van der Waals surface area contributed by atoms with Gasteiger partial charge in [-0.15, -0.1) is 6.58 Å². The smallest absolute Gasteiger partial charge is 0.266 e. The number of nitrogens with zero attached hydrogens (tertiary/aromatic N) is 3. The third kappa shape index (κ3) is 11.7. The highest BCUT2D eigenvalue weighted by Crippen LogP contribution is 2.28. The van der Waals surface area contributed by atoms with E-state index in [4.69, 9.17) is 15.8 Å². The number of nitrogens with two attached hydrogens (primary N) is 1. The molecule has 224 valence electrons. The van der Waals surface area contributed by atoms with Crippen LogP contribution in [0.25, 0.3) is 5.57 Å². The maximum absolute atomic E-state index is 13.1. The molecule has 1 heterocycles. The summed E-state index contributed by atoms with van der Waals surface area (Å²) in [6.45, 7) is 12.8. The molecule has 0 radical (unpaired) electrons. The average Bonchev–Trinajstić information content (AvgIpc) is 3.01. The van der Waals surface area contributed by atoms with Gasteiger partial charge in [-0.2, -0.15) is 5.10 Å². The van der Waals surface area contributed by atoms with Gasteiger partial charge in [-0.25, -0.2) is 4.99 Å². The summed E-state index contributed by atoms with van der Waals surface area (Å²) in [6.07, 6.45) is 16.2. The molecule has 9 nitrogen and oxygen atoms in total. The van der Waals surface area contributed by atoms with E-state index >= 15 is 0 Å². The zero-order valence-corrected chi connectivity index (χ0v) is 24.9. The molecule has 0 fully saturated rings. The van der Waals surface area contributed by atoms with Crippen molar-refractivity contribution in [2.75, 3.05) is 26.7 Å². The molecular weight excluding hydrogens is 528 g/mol. The van der Waals surface area contributed by atoms with Crippen LogP contribution in [0.1, 0.15) is 32.3 Å². The van der Waals surface area contributed by atoms with Crippen molar-refractivity contribution < 1.29 is 14.6 Å². The highest BCUT2D eigenvalue weighted by Gasteiger charge is 2.22. The van der Waals surface area contributed by atoms with Crippen LogP contribution in [0.4, 0.5) is 0 Å². The minimum absolute atomic E-state index is 0.232. The normalized spacial score (nSPS) is 21.4. The molecule has 0 spiro atoms. The largest absolute Gasteiger partial charge is 0.368 e. The number of hydrazone groups is 1. The standard InChI is InChI=1S/C30H36N6O.C3H8O2/c1-4-5-16-34-35-19-18-33-30(37)28-22(2)20-27(25-9-7-6-8-10-25)29(36-23(3)15-17-32-28)26-13-11-24(21-31)12-14-26;1-3(4)5-2/h4,6-11,13-17,20,22,24,35H,1,3,5,12,18-19,21,31H2,2H3,(H,33,37);3-4H,1-2H3/b17-15-,27-20-,32-28?,34-16-,36-29?;. The lowest BCUT2D eigenvalue weighted by Crippen LogP contribution is -2.37. The topological polar surface area (TPSA) is 134 Å². The van der Waals surface area contributed by atoms with E-state index in [0.717, 1.165) is 28.8 Å². The van der Waals surface area contributed by atoms with Crippen molar-refractivity contribution in [1.82, 2.24) is 10.7 Å². The van der Waals surface area contributed by atoms with Crippen LogP contribution in [0.15, 0.2) is 113 Å². The van der Waals surface area contributed by atoms with Crippen molar-refractivity contribution in [2.24, 2.45) is 32.7 Å². The van der Waals surface area contributed by atoms with Crippen LogP contribution in [0, 0.1) is 11.8 Å². The van der Waals surface area contributed by atoms with Crippen LogP contribution in [0.2, 0.25) is 0 Å². The second-order valence-corrected chi connectivity index (χ2v) is 9.60. The number of carbonyl (C=O) groups is 1. The quantitative estimate of drug-likeness (QED) is 0.103. The molecule has 0 saturated carbocycles. The van der Waals surface area contributed by atoms with E-state index in [-0.39, 0.29) is 11.8 Å². The van der Waals surface area contributed by atoms with Gasteiger partial charge in [0.25, 0.3) is 5.91 Å². The number of aliphatic imine (C=N–C) groups is 2. The van der Waals surface area contributed by atoms with Crippen molar-refractivity contribution >= 4 is 29.1 Å². The Labute approximate surface area is 249 Å². The summed E-state index contributed by atoms with van der Waals surface area (Å²) in [5.41, 5.74) is 13.5. The Hall–Kier alpha value is -4.18. The van der Waals surface area contributed by atoms with Gasteiger partial charge in [0.1, 0.15) is 5.71 Å². The third-order valence-corrected chi connectivity index (χ3v) is 6.24. The Morgan fingerprint density at radius 3 is 2.64 bits per heavy atom. The number of benzene rings is 1. The molecule has 3 atom stereocenters. The predicted octanol–water partition coefficient (Wildman–Crippen LogP) is 4.33. The van der Waals surface area contributed by atoms with Gasteiger partial charge in [0.15, 0.2) is 6.29 Å². The molecule has 5 N–H and O–H groups in total. The van der Waals surface area contributed by atoms with E-state index in [1.807, 2.05) is 37.3 Å². The van der Waals surface area contributed by atoms with Crippen molar-refractivity contribution in [3.05, 3.63) is 103 Å². The Balaban J connectivity index is 0.00000113. The van der Waals surface area contributed by atoms with Gasteiger partial charge in [-0.1, -0.05) is 74.2 Å². The van der Waals surface area contributed by atoms with Gasteiger partial charge in [0, 0.05) is 44.0 Å². The molecule has 1 aliphatic heterocycles. The Morgan fingerprint density at radius 1 is 1.29 bits per heavy atom. The van der Waals surface area contributed by atoms with Crippen molar-refractivity contribution in [2.45, 2.75) is 33.0 Å². The number of hydrogen-bond donors (Lipinski definition) is 4. The molecule has 0 saturated heterocycles. The first kappa shape index (κ1) is 34.0. The minimum atomic E-state index is -0.616. The SMILES string of the molecule is C=CC/C=N\NCCNC(=O)C1=N/C=C\C(=C)N=C(C2=CCC(CN)C=C2)/C(c2ccccc2)=C\C1C.COC(C)O. The van der Waals surface area contributed by atoms with Crippen molar-refractivity contribution in [3.8, 4) is 0 Å². The van der Waals surface area contributed by atoms with Gasteiger partial charge in [-0.05, 0) is 43.0 Å². The molecular formula is C33H44N6O3. The van der Waals surface area contributed by atoms with E-state index in [9.17, 15) is 4.79 Å². The lowest BCUT2D eigenvalue weighted by Gasteiger charge is -2.20. The van der Waals surface area contributed by atoms with E-state index in [2.05, 4.69) is 63.0 Å². The molecule has 9 heteroatoms. The second kappa shape index (κ2) is 19.0. The van der Waals surface area contributed by atoms with Crippen LogP contribution in [0.5, 0.6) is 0 Å². The number of nitrogens with one attached hydrogen (secondary N) is 2. The van der Waals surface area contributed by atoms with E-state index in [1.54, 1.807) is 31.5 Å². The molecule has 1 amide bonds. The van der Waals surface area contributed by atoms with Crippen LogP contribution in [-0.4, -0.2) is 61.7 Å². The average molecular weight is 573 g/mol. The predicted molar refractivity (Wildman–Crippen MR) is 174 cm³/mol. The number of rotatable bonds is 11. The summed E-state index contributed by atoms with van der Waals surface area (Å²) in [6, 6.07) is 10.1. The number of allylic oxidation sites excluding steroid dienone is 7. The van der Waals surface area contributed by atoms with Gasteiger partial charge < -0.3 is 26.3 Å². The third-order valence-electron chi connectivity index (χ3n) is 6.24. The fourth-order valence-electron chi connectivity index (χ4n) is 3.90. The summed E-state index contributed by atoms with van der Waals surface area (Å²) < 4.78 is 4.31. The van der Waals surface area contributed by atoms with Gasteiger partial charge >= 0.3 is 0 Å². The van der Waals surface area contributed by atoms with Gasteiger partial charge in [0.2, 0.25) is 0 Å². The number of aliphatic hydroxyl groups excluding tert-OH is 1. The fourth-order valence-corrected chi connectivity index (χ4v) is 3.90. The highest BCUT2D eigenvalue weighted by atomic mass is 16.6. The number of hydrogen-bond acceptors (Lipinski definition) is 8. The summed E-state index contributed by atoms with van der Waals surface area (Å²) in [7, 11) is 1.45. The maximum atomic E-state index is 13.1. The van der Waals surface area contributed by atoms with Crippen LogP contribution in [0.3, 0.4) is 0 Å². The number of ether oxygens (including phenoxy) is 1. The fraction of sp³-hybridized carbons (Fsp3) is 0.333. The van der Waals surface area contributed by atoms with Crippen molar-refractivity contribution in [1.29, 1.82) is 0 Å². The number of carbonyl (C=O) groups excluding carboxylic acids is 1. The lowest BCUT2D eigenvalue weighted by molar-refractivity contribution is -0.115. The summed E-state index contributed by atoms with van der Waals surface area (Å²) in [4.78, 5) is 22.5. The first-order valence-corrected chi connectivity index (χ1v) is 14.0. The van der Waals surface area contributed by atoms with Crippen LogP contribution < -0.4 is 16.5 Å². The number of amides is 1. The Morgan fingerprint density at radius 2 is 2.02 bits per heavy atom. The Bertz CT molecular complexity index is 1260. The summed E-state index contributed by atoms with van der Waals surface area (Å²) in [5, 5.41) is 15.1. The monoisotopic (exact) mass is 572 g/mol. The summed E-state index contributed by atoms with van der Waals surface area (Å²) >= 11 is 0. The van der Waals surface area contributed by atoms with Crippen LogP contribution >= 0.6 is 0 Å². The minimum Gasteiger partial charge on any atom is -0.368 e. The molecule has 0 bridgehead atoms. The van der Waals surface area contributed by atoms with E-state index < -0.39 is 6.29 Å². The Kier molecular flexibility index (Phi) is 15.4. The zero-order chi connectivity index (χ0) is 30.7. The first-order chi connectivity index (χ1) is 20.3. The molecule has 0 aromatic heterocycles. The number of methoxy groups -OCH3 is 1.